The lowest BCUT2D eigenvalue weighted by atomic mass is 10.1. The average Bonchev–Trinajstić information content (AvgIpc) is 2.68. The summed E-state index contributed by atoms with van der Waals surface area (Å²) in [6.45, 7) is 1.94. The summed E-state index contributed by atoms with van der Waals surface area (Å²) in [6.07, 6.45) is 2.39. The zero-order valence-electron chi connectivity index (χ0n) is 6.39. The third kappa shape index (κ3) is 1.70. The summed E-state index contributed by atoms with van der Waals surface area (Å²) in [7, 11) is 1.46. The van der Waals surface area contributed by atoms with E-state index in [-0.39, 0.29) is 11.8 Å². The van der Waals surface area contributed by atoms with Crippen molar-refractivity contribution in [2.45, 2.75) is 19.8 Å². The van der Waals surface area contributed by atoms with E-state index in [4.69, 9.17) is 0 Å². The molecule has 1 saturated carbocycles. The number of hydrogen-bond donors (Lipinski definition) is 1. The quantitative estimate of drug-likeness (QED) is 0.591. The van der Waals surface area contributed by atoms with Crippen LogP contribution < -0.4 is 5.48 Å². The van der Waals surface area contributed by atoms with Crippen LogP contribution in [-0.4, -0.2) is 13.0 Å². The van der Waals surface area contributed by atoms with E-state index >= 15 is 0 Å². The second-order valence-electron chi connectivity index (χ2n) is 2.80. The van der Waals surface area contributed by atoms with Gasteiger partial charge in [-0.1, -0.05) is 6.92 Å². The van der Waals surface area contributed by atoms with Crippen LogP contribution in [0.4, 0.5) is 0 Å². The van der Waals surface area contributed by atoms with Crippen LogP contribution in [0.3, 0.4) is 0 Å². The number of carbonyl (C=O) groups is 1. The molecule has 1 rings (SSSR count). The minimum absolute atomic E-state index is 0.00463. The predicted molar refractivity (Wildman–Crippen MR) is 37.0 cm³/mol. The fraction of sp³-hybridized carbons (Fsp3) is 0.857. The normalized spacial score (nSPS) is 20.2. The van der Waals surface area contributed by atoms with Gasteiger partial charge in [0.1, 0.15) is 0 Å². The Kier molecular flexibility index (Phi) is 2.27. The predicted octanol–water partition coefficient (Wildman–Crippen LogP) is 0.710. The van der Waals surface area contributed by atoms with E-state index in [1.54, 1.807) is 0 Å². The first-order valence-electron chi connectivity index (χ1n) is 3.58. The summed E-state index contributed by atoms with van der Waals surface area (Å²) in [4.78, 5) is 15.5. The van der Waals surface area contributed by atoms with E-state index in [1.165, 1.54) is 20.0 Å². The van der Waals surface area contributed by atoms with Crippen LogP contribution in [0.25, 0.3) is 0 Å². The molecule has 0 aliphatic heterocycles. The number of rotatable bonds is 3. The van der Waals surface area contributed by atoms with Gasteiger partial charge in [0, 0.05) is 5.92 Å². The minimum atomic E-state index is 0.00463. The zero-order chi connectivity index (χ0) is 7.56. The van der Waals surface area contributed by atoms with Crippen molar-refractivity contribution in [3.63, 3.8) is 0 Å². The highest BCUT2D eigenvalue weighted by molar-refractivity contribution is 5.77. The molecule has 0 saturated heterocycles. The topological polar surface area (TPSA) is 38.3 Å². The fourth-order valence-electron chi connectivity index (χ4n) is 1.00. The molecule has 0 aromatic rings. The highest BCUT2D eigenvalue weighted by Crippen LogP contribution is 2.36. The molecular weight excluding hydrogens is 130 g/mol. The van der Waals surface area contributed by atoms with Gasteiger partial charge in [0.15, 0.2) is 0 Å². The highest BCUT2D eigenvalue weighted by atomic mass is 16.6. The summed E-state index contributed by atoms with van der Waals surface area (Å²) < 4.78 is 0. The van der Waals surface area contributed by atoms with Crippen LogP contribution in [0, 0.1) is 11.8 Å². The number of carbonyl (C=O) groups excluding carboxylic acids is 1. The summed E-state index contributed by atoms with van der Waals surface area (Å²) in [5, 5.41) is 0. The van der Waals surface area contributed by atoms with Crippen molar-refractivity contribution in [1.29, 1.82) is 0 Å². The van der Waals surface area contributed by atoms with E-state index < -0.39 is 0 Å². The third-order valence-electron chi connectivity index (χ3n) is 1.95. The molecule has 0 spiro atoms. The number of hydroxylamine groups is 1. The van der Waals surface area contributed by atoms with Crippen LogP contribution in [0.1, 0.15) is 19.8 Å². The van der Waals surface area contributed by atoms with Crippen LogP contribution in [0.5, 0.6) is 0 Å². The van der Waals surface area contributed by atoms with Gasteiger partial charge < -0.3 is 0 Å². The molecule has 0 radical (unpaired) electrons. The molecule has 0 aromatic heterocycles. The van der Waals surface area contributed by atoms with Crippen LogP contribution in [-0.2, 0) is 9.63 Å². The Morgan fingerprint density at radius 1 is 1.70 bits per heavy atom. The van der Waals surface area contributed by atoms with Gasteiger partial charge in [-0.3, -0.25) is 9.63 Å². The first-order valence-corrected chi connectivity index (χ1v) is 3.58. The van der Waals surface area contributed by atoms with Crippen LogP contribution in [0.15, 0.2) is 0 Å². The molecule has 1 fully saturated rings. The average molecular weight is 143 g/mol. The standard InChI is InChI=1S/C7H13NO2/c1-5(6-3-4-6)7(9)8-10-2/h5-6H,3-4H2,1-2H3,(H,8,9). The Balaban J connectivity index is 2.24. The summed E-state index contributed by atoms with van der Waals surface area (Å²) >= 11 is 0. The van der Waals surface area contributed by atoms with Gasteiger partial charge in [0.2, 0.25) is 5.91 Å². The second-order valence-corrected chi connectivity index (χ2v) is 2.80. The van der Waals surface area contributed by atoms with Crippen molar-refractivity contribution < 1.29 is 9.63 Å². The molecule has 0 heterocycles. The van der Waals surface area contributed by atoms with Crippen molar-refractivity contribution in [3.05, 3.63) is 0 Å². The zero-order valence-corrected chi connectivity index (χ0v) is 6.39. The Bertz CT molecular complexity index is 132. The van der Waals surface area contributed by atoms with Gasteiger partial charge in [0.25, 0.3) is 0 Å². The second kappa shape index (κ2) is 3.01. The third-order valence-corrected chi connectivity index (χ3v) is 1.95. The maximum Gasteiger partial charge on any atom is 0.246 e. The molecule has 1 unspecified atom stereocenters. The molecule has 58 valence electrons. The smallest absolute Gasteiger partial charge is 0.246 e. The first-order chi connectivity index (χ1) is 4.75. The molecule has 3 nitrogen and oxygen atoms in total. The molecule has 1 amide bonds. The molecule has 0 bridgehead atoms. The van der Waals surface area contributed by atoms with E-state index in [9.17, 15) is 4.79 Å². The van der Waals surface area contributed by atoms with Gasteiger partial charge >= 0.3 is 0 Å². The lowest BCUT2D eigenvalue weighted by molar-refractivity contribution is -0.135. The number of amides is 1. The summed E-state index contributed by atoms with van der Waals surface area (Å²) in [6, 6.07) is 0. The van der Waals surface area contributed by atoms with Gasteiger partial charge in [-0.05, 0) is 18.8 Å². The molecule has 1 atom stereocenters. The number of hydrogen-bond acceptors (Lipinski definition) is 2. The maximum atomic E-state index is 11.0. The Labute approximate surface area is 60.7 Å². The van der Waals surface area contributed by atoms with Crippen molar-refractivity contribution in [1.82, 2.24) is 5.48 Å². The summed E-state index contributed by atoms with van der Waals surface area (Å²) in [5.41, 5.74) is 2.33. The largest absolute Gasteiger partial charge is 0.277 e. The molecule has 1 N–H and O–H groups in total. The molecule has 1 aliphatic rings. The van der Waals surface area contributed by atoms with E-state index in [0.29, 0.717) is 5.92 Å². The molecule has 1 aliphatic carbocycles. The lowest BCUT2D eigenvalue weighted by Gasteiger charge is -2.07. The molecule has 10 heavy (non-hydrogen) atoms. The van der Waals surface area contributed by atoms with Gasteiger partial charge in [0.05, 0.1) is 7.11 Å². The van der Waals surface area contributed by atoms with Crippen molar-refractivity contribution >= 4 is 5.91 Å². The van der Waals surface area contributed by atoms with E-state index in [0.717, 1.165) is 0 Å². The van der Waals surface area contributed by atoms with Crippen molar-refractivity contribution in [2.24, 2.45) is 11.8 Å². The molecule has 0 aromatic carbocycles. The Morgan fingerprint density at radius 2 is 2.30 bits per heavy atom. The summed E-state index contributed by atoms with van der Waals surface area (Å²) in [5.74, 6) is 0.736. The Hall–Kier alpha value is -0.570. The highest BCUT2D eigenvalue weighted by Gasteiger charge is 2.32. The minimum Gasteiger partial charge on any atom is -0.277 e. The van der Waals surface area contributed by atoms with Gasteiger partial charge in [-0.15, -0.1) is 0 Å². The van der Waals surface area contributed by atoms with Gasteiger partial charge in [-0.25, -0.2) is 5.48 Å². The van der Waals surface area contributed by atoms with Crippen molar-refractivity contribution in [2.75, 3.05) is 7.11 Å². The van der Waals surface area contributed by atoms with E-state index in [2.05, 4.69) is 10.3 Å². The maximum absolute atomic E-state index is 11.0. The monoisotopic (exact) mass is 143 g/mol. The SMILES string of the molecule is CONC(=O)C(C)C1CC1. The van der Waals surface area contributed by atoms with Crippen molar-refractivity contribution in [3.8, 4) is 0 Å². The number of nitrogens with one attached hydrogen (secondary N) is 1. The first kappa shape index (κ1) is 7.54. The van der Waals surface area contributed by atoms with E-state index in [1.807, 2.05) is 6.92 Å². The molecule has 3 heteroatoms. The fourth-order valence-corrected chi connectivity index (χ4v) is 1.00. The lowest BCUT2D eigenvalue weighted by Crippen LogP contribution is -2.29. The van der Waals surface area contributed by atoms with Crippen LogP contribution in [0.2, 0.25) is 0 Å². The van der Waals surface area contributed by atoms with Gasteiger partial charge in [-0.2, -0.15) is 0 Å². The molecular formula is C7H13NO2. The van der Waals surface area contributed by atoms with Crippen LogP contribution >= 0.6 is 0 Å². The Morgan fingerprint density at radius 3 is 2.70 bits per heavy atom.